The van der Waals surface area contributed by atoms with E-state index in [4.69, 9.17) is 27.6 Å². The van der Waals surface area contributed by atoms with Crippen molar-refractivity contribution in [2.75, 3.05) is 4.31 Å². The van der Waals surface area contributed by atoms with Gasteiger partial charge in [0.15, 0.2) is 0 Å². The number of fused-ring (bicyclic) bond motifs is 3. The van der Waals surface area contributed by atoms with E-state index >= 15 is 0 Å². The van der Waals surface area contributed by atoms with Crippen molar-refractivity contribution in [3.8, 4) is 0 Å². The first-order valence-electron chi connectivity index (χ1n) is 10.5. The molecule has 0 saturated heterocycles. The van der Waals surface area contributed by atoms with Gasteiger partial charge in [0.2, 0.25) is 0 Å². The van der Waals surface area contributed by atoms with E-state index in [0.29, 0.717) is 15.6 Å². The number of anilines is 1. The summed E-state index contributed by atoms with van der Waals surface area (Å²) >= 11 is 11.9. The molecule has 4 aromatic rings. The van der Waals surface area contributed by atoms with Gasteiger partial charge in [-0.05, 0) is 86.0 Å². The van der Waals surface area contributed by atoms with Gasteiger partial charge in [0.25, 0.3) is 15.9 Å². The summed E-state index contributed by atoms with van der Waals surface area (Å²) in [5, 5.41) is 1.68. The SMILES string of the molecule is O=C(c1ccc(Cl)cc1)N(c1ccc2oc3c(c2c1)CCCC3)S(=O)(=O)c1ccc(Cl)cc1. The molecular weight excluding hydrogens is 481 g/mol. The highest BCUT2D eigenvalue weighted by molar-refractivity contribution is 7.93. The molecule has 0 atom stereocenters. The molecule has 168 valence electrons. The minimum Gasteiger partial charge on any atom is -0.461 e. The molecule has 0 bridgehead atoms. The first-order chi connectivity index (χ1) is 15.8. The van der Waals surface area contributed by atoms with Gasteiger partial charge in [0.1, 0.15) is 11.3 Å². The molecule has 1 amide bonds. The van der Waals surface area contributed by atoms with Crippen molar-refractivity contribution < 1.29 is 17.6 Å². The Morgan fingerprint density at radius 2 is 1.48 bits per heavy atom. The summed E-state index contributed by atoms with van der Waals surface area (Å²) < 4.78 is 34.2. The third-order valence-electron chi connectivity index (χ3n) is 5.80. The summed E-state index contributed by atoms with van der Waals surface area (Å²) in [5.74, 6) is 0.253. The molecule has 0 unspecified atom stereocenters. The molecule has 0 spiro atoms. The summed E-state index contributed by atoms with van der Waals surface area (Å²) in [5.41, 5.74) is 2.21. The van der Waals surface area contributed by atoms with Crippen molar-refractivity contribution >= 4 is 55.8 Å². The molecule has 5 nitrogen and oxygen atoms in total. The summed E-state index contributed by atoms with van der Waals surface area (Å²) in [6, 6.07) is 16.9. The molecule has 0 aliphatic heterocycles. The van der Waals surface area contributed by atoms with E-state index in [9.17, 15) is 13.2 Å². The second-order valence-electron chi connectivity index (χ2n) is 7.93. The fourth-order valence-corrected chi connectivity index (χ4v) is 5.82. The summed E-state index contributed by atoms with van der Waals surface area (Å²) in [4.78, 5) is 13.5. The van der Waals surface area contributed by atoms with Gasteiger partial charge in [0.05, 0.1) is 10.6 Å². The van der Waals surface area contributed by atoms with Crippen LogP contribution >= 0.6 is 23.2 Å². The maximum absolute atomic E-state index is 13.7. The molecule has 0 fully saturated rings. The molecule has 0 radical (unpaired) electrons. The third-order valence-corrected chi connectivity index (χ3v) is 8.03. The number of sulfonamides is 1. The molecular formula is C25H19Cl2NO4S. The lowest BCUT2D eigenvalue weighted by molar-refractivity contribution is 0.101. The zero-order valence-electron chi connectivity index (χ0n) is 17.4. The van der Waals surface area contributed by atoms with Crippen molar-refractivity contribution in [1.29, 1.82) is 0 Å². The van der Waals surface area contributed by atoms with Crippen LogP contribution in [0.3, 0.4) is 0 Å². The highest BCUT2D eigenvalue weighted by Gasteiger charge is 2.32. The first-order valence-corrected chi connectivity index (χ1v) is 12.7. The van der Waals surface area contributed by atoms with Gasteiger partial charge in [-0.2, -0.15) is 4.31 Å². The summed E-state index contributed by atoms with van der Waals surface area (Å²) in [6.07, 6.45) is 3.82. The molecule has 3 aromatic carbocycles. The monoisotopic (exact) mass is 499 g/mol. The molecule has 1 aliphatic carbocycles. The number of nitrogens with zero attached hydrogens (tertiary/aromatic N) is 1. The maximum atomic E-state index is 13.7. The highest BCUT2D eigenvalue weighted by Crippen LogP contribution is 2.36. The maximum Gasteiger partial charge on any atom is 0.272 e. The Morgan fingerprint density at radius 1 is 0.848 bits per heavy atom. The fraction of sp³-hybridized carbons (Fsp3) is 0.160. The number of hydrogen-bond acceptors (Lipinski definition) is 4. The number of rotatable bonds is 4. The minimum atomic E-state index is -4.24. The van der Waals surface area contributed by atoms with Crippen molar-refractivity contribution in [2.24, 2.45) is 0 Å². The lowest BCUT2D eigenvalue weighted by Gasteiger charge is -2.23. The van der Waals surface area contributed by atoms with E-state index in [2.05, 4.69) is 0 Å². The van der Waals surface area contributed by atoms with Crippen molar-refractivity contribution in [2.45, 2.75) is 30.6 Å². The van der Waals surface area contributed by atoms with Gasteiger partial charge in [-0.15, -0.1) is 0 Å². The Labute approximate surface area is 201 Å². The van der Waals surface area contributed by atoms with Crippen LogP contribution in [0.25, 0.3) is 11.0 Å². The van der Waals surface area contributed by atoms with Gasteiger partial charge in [0, 0.05) is 33.0 Å². The number of halogens is 2. The summed E-state index contributed by atoms with van der Waals surface area (Å²) in [7, 11) is -4.24. The standard InChI is InChI=1S/C25H19Cl2NO4S/c26-17-7-5-16(6-8-17)25(29)28(33(30,31)20-12-9-18(27)10-13-20)19-11-14-24-22(15-19)21-3-1-2-4-23(21)32-24/h5-15H,1-4H2. The van der Waals surface area contributed by atoms with Crippen LogP contribution in [0.15, 0.2) is 76.0 Å². The van der Waals surface area contributed by atoms with E-state index in [0.717, 1.165) is 46.7 Å². The molecule has 33 heavy (non-hydrogen) atoms. The van der Waals surface area contributed by atoms with Gasteiger partial charge < -0.3 is 4.42 Å². The average Bonchev–Trinajstić information content (AvgIpc) is 3.18. The number of hydrogen-bond donors (Lipinski definition) is 0. The number of furan rings is 1. The Morgan fingerprint density at radius 3 is 2.18 bits per heavy atom. The minimum absolute atomic E-state index is 0.0384. The van der Waals surface area contributed by atoms with Crippen LogP contribution in [0.4, 0.5) is 5.69 Å². The normalized spacial score (nSPS) is 13.6. The topological polar surface area (TPSA) is 67.6 Å². The van der Waals surface area contributed by atoms with E-state index in [-0.39, 0.29) is 16.1 Å². The van der Waals surface area contributed by atoms with Crippen LogP contribution in [-0.2, 0) is 22.9 Å². The second kappa shape index (κ2) is 8.52. The predicted octanol–water partition coefficient (Wildman–Crippen LogP) is 6.65. The van der Waals surface area contributed by atoms with Gasteiger partial charge >= 0.3 is 0 Å². The Balaban J connectivity index is 1.69. The van der Waals surface area contributed by atoms with Crippen molar-refractivity contribution in [3.63, 3.8) is 0 Å². The Hall–Kier alpha value is -2.80. The second-order valence-corrected chi connectivity index (χ2v) is 10.6. The number of carbonyl (C=O) groups excluding carboxylic acids is 1. The van der Waals surface area contributed by atoms with Crippen molar-refractivity contribution in [1.82, 2.24) is 0 Å². The molecule has 1 aliphatic rings. The largest absolute Gasteiger partial charge is 0.461 e. The highest BCUT2D eigenvalue weighted by atomic mass is 35.5. The molecule has 5 rings (SSSR count). The van der Waals surface area contributed by atoms with Crippen LogP contribution in [0.5, 0.6) is 0 Å². The molecule has 1 heterocycles. The van der Waals surface area contributed by atoms with E-state index in [1.165, 1.54) is 36.4 Å². The van der Waals surface area contributed by atoms with Crippen LogP contribution < -0.4 is 4.31 Å². The van der Waals surface area contributed by atoms with Gasteiger partial charge in [-0.25, -0.2) is 8.42 Å². The predicted molar refractivity (Wildman–Crippen MR) is 130 cm³/mol. The van der Waals surface area contributed by atoms with Crippen LogP contribution in [0.2, 0.25) is 10.0 Å². The van der Waals surface area contributed by atoms with Crippen LogP contribution in [0, 0.1) is 0 Å². The number of carbonyl (C=O) groups is 1. The van der Waals surface area contributed by atoms with E-state index in [1.807, 2.05) is 0 Å². The Kier molecular flexibility index (Phi) is 5.69. The number of benzene rings is 3. The zero-order valence-corrected chi connectivity index (χ0v) is 19.8. The molecule has 0 saturated carbocycles. The van der Waals surface area contributed by atoms with E-state index in [1.54, 1.807) is 30.3 Å². The Bertz CT molecular complexity index is 1460. The zero-order chi connectivity index (χ0) is 23.2. The molecule has 0 N–H and O–H groups in total. The fourth-order valence-electron chi connectivity index (χ4n) is 4.16. The smallest absolute Gasteiger partial charge is 0.272 e. The first kappa shape index (κ1) is 22.0. The van der Waals surface area contributed by atoms with Crippen LogP contribution in [-0.4, -0.2) is 14.3 Å². The van der Waals surface area contributed by atoms with Gasteiger partial charge in [-0.3, -0.25) is 4.79 Å². The average molecular weight is 500 g/mol. The van der Waals surface area contributed by atoms with Crippen molar-refractivity contribution in [3.05, 3.63) is 93.7 Å². The van der Waals surface area contributed by atoms with Gasteiger partial charge in [-0.1, -0.05) is 23.2 Å². The van der Waals surface area contributed by atoms with Crippen LogP contribution in [0.1, 0.15) is 34.5 Å². The lowest BCUT2D eigenvalue weighted by Crippen LogP contribution is -2.37. The molecule has 8 heteroatoms. The quantitative estimate of drug-likeness (QED) is 0.315. The number of aryl methyl sites for hydroxylation is 2. The van der Waals surface area contributed by atoms with E-state index < -0.39 is 15.9 Å². The summed E-state index contributed by atoms with van der Waals surface area (Å²) in [6.45, 7) is 0. The lowest BCUT2D eigenvalue weighted by atomic mass is 9.96. The third kappa shape index (κ3) is 4.03. The number of amides is 1. The molecule has 1 aromatic heterocycles.